The predicted octanol–water partition coefficient (Wildman–Crippen LogP) is 6.98. The summed E-state index contributed by atoms with van der Waals surface area (Å²) >= 11 is 1.91. The molecule has 0 fully saturated rings. The largest absolute Gasteiger partial charge is 0.389 e. The second-order valence-corrected chi connectivity index (χ2v) is 24.2. The topological polar surface area (TPSA) is 40.5 Å². The fourth-order valence-corrected chi connectivity index (χ4v) is 26.1. The molecule has 0 aliphatic carbocycles. The Kier molecular flexibility index (Phi) is 12.4. The Hall–Kier alpha value is -3.98. The molecule has 0 aliphatic rings. The normalized spacial score (nSPS) is 13.7. The first-order chi connectivity index (χ1) is 25.8. The second-order valence-electron chi connectivity index (χ2n) is 14.3. The van der Waals surface area contributed by atoms with Crippen molar-refractivity contribution >= 4 is 59.0 Å². The van der Waals surface area contributed by atoms with Crippen LogP contribution in [0.4, 0.5) is 0 Å². The van der Waals surface area contributed by atoms with Gasteiger partial charge in [0.15, 0.2) is 16.1 Å². The van der Waals surface area contributed by atoms with E-state index in [4.69, 9.17) is 0 Å². The molecule has 0 spiro atoms. The molecule has 5 heteroatoms. The van der Waals surface area contributed by atoms with Crippen molar-refractivity contribution in [3.8, 4) is 0 Å². The highest BCUT2D eigenvalue weighted by Gasteiger charge is 2.61. The maximum absolute atomic E-state index is 13.5. The molecule has 0 heterocycles. The van der Waals surface area contributed by atoms with Gasteiger partial charge in [-0.25, -0.2) is 0 Å². The first-order valence-electron chi connectivity index (χ1n) is 19.3. The Morgan fingerprint density at radius 1 is 0.358 bits per heavy atom. The lowest BCUT2D eigenvalue weighted by Gasteiger charge is -2.54. The van der Waals surface area contributed by atoms with Crippen molar-refractivity contribution in [3.63, 3.8) is 0 Å². The Balaban J connectivity index is 1.81. The summed E-state index contributed by atoms with van der Waals surface area (Å²) in [7, 11) is -6.31. The Morgan fingerprint density at radius 2 is 0.528 bits per heavy atom. The van der Waals surface area contributed by atoms with Gasteiger partial charge in [0, 0.05) is 9.75 Å². The van der Waals surface area contributed by atoms with Gasteiger partial charge in [0.1, 0.15) is 0 Å². The molecule has 0 aliphatic heterocycles. The quantitative estimate of drug-likeness (QED) is 0.0830. The average molecular weight is 751 g/mol. The van der Waals surface area contributed by atoms with Crippen molar-refractivity contribution in [2.24, 2.45) is 0 Å². The van der Waals surface area contributed by atoms with Crippen LogP contribution in [0.15, 0.2) is 182 Å². The van der Waals surface area contributed by atoms with E-state index in [9.17, 15) is 10.2 Å². The van der Waals surface area contributed by atoms with Gasteiger partial charge in [-0.05, 0) is 56.8 Å². The fraction of sp³-hybridized carbons (Fsp3) is 0.250. The van der Waals surface area contributed by atoms with Crippen molar-refractivity contribution < 1.29 is 10.2 Å². The molecule has 2 nitrogen and oxygen atoms in total. The molecule has 0 aromatic heterocycles. The highest BCUT2D eigenvalue weighted by Crippen LogP contribution is 2.45. The van der Waals surface area contributed by atoms with Gasteiger partial charge >= 0.3 is 0 Å². The van der Waals surface area contributed by atoms with E-state index in [0.29, 0.717) is 25.7 Å². The highest BCUT2D eigenvalue weighted by molar-refractivity contribution is 8.05. The van der Waals surface area contributed by atoms with Gasteiger partial charge in [0.05, 0.1) is 11.2 Å². The molecule has 0 radical (unpaired) electrons. The predicted molar refractivity (Wildman–Crippen MR) is 234 cm³/mol. The van der Waals surface area contributed by atoms with Crippen LogP contribution < -0.4 is 31.1 Å². The molecule has 2 atom stereocenters. The molecule has 2 unspecified atom stereocenters. The van der Waals surface area contributed by atoms with Gasteiger partial charge in [-0.3, -0.25) is 0 Å². The van der Waals surface area contributed by atoms with E-state index in [1.54, 1.807) is 0 Å². The Labute approximate surface area is 324 Å². The number of rotatable bonds is 16. The molecule has 2 N–H and O–H groups in total. The smallest absolute Gasteiger partial charge is 0.163 e. The van der Waals surface area contributed by atoms with E-state index in [2.05, 4.69) is 210 Å². The molecule has 0 saturated carbocycles. The van der Waals surface area contributed by atoms with E-state index in [0.717, 1.165) is 0 Å². The zero-order valence-corrected chi connectivity index (χ0v) is 34.4. The monoisotopic (exact) mass is 750 g/mol. The van der Waals surface area contributed by atoms with Crippen LogP contribution in [0.25, 0.3) is 0 Å². The molecular weight excluding hydrogens is 697 g/mol. The summed E-state index contributed by atoms with van der Waals surface area (Å²) in [5.41, 5.74) is -2.13. The summed E-state index contributed by atoms with van der Waals surface area (Å²) in [5, 5.41) is 34.6. The van der Waals surface area contributed by atoms with E-state index in [1.807, 2.05) is 11.8 Å². The summed E-state index contributed by atoms with van der Waals surface area (Å²) in [5.74, 6) is 0. The summed E-state index contributed by atoms with van der Waals surface area (Å²) in [6.07, 6.45) is 2.34. The Bertz CT molecular complexity index is 1630. The molecule has 0 bridgehead atoms. The maximum Gasteiger partial charge on any atom is 0.163 e. The van der Waals surface area contributed by atoms with Crippen molar-refractivity contribution in [3.05, 3.63) is 182 Å². The number of hydrogen-bond donors (Lipinski definition) is 2. The zero-order valence-electron chi connectivity index (χ0n) is 31.6. The van der Waals surface area contributed by atoms with Crippen LogP contribution >= 0.6 is 11.8 Å². The van der Waals surface area contributed by atoms with Gasteiger partial charge in [-0.1, -0.05) is 210 Å². The highest BCUT2D eigenvalue weighted by atomic mass is 32.2. The van der Waals surface area contributed by atoms with E-state index >= 15 is 0 Å². The maximum atomic E-state index is 13.5. The molecule has 6 aromatic rings. The third kappa shape index (κ3) is 7.06. The molecule has 6 aromatic carbocycles. The van der Waals surface area contributed by atoms with E-state index < -0.39 is 27.3 Å². The third-order valence-electron chi connectivity index (χ3n) is 11.9. The van der Waals surface area contributed by atoms with Gasteiger partial charge in [0.2, 0.25) is 0 Å². The molecule has 0 saturated heterocycles. The van der Waals surface area contributed by atoms with Crippen LogP contribution in [0.2, 0.25) is 0 Å². The van der Waals surface area contributed by atoms with Crippen LogP contribution in [0, 0.1) is 0 Å². The number of thioether (sulfide) groups is 1. The van der Waals surface area contributed by atoms with Gasteiger partial charge < -0.3 is 10.2 Å². The van der Waals surface area contributed by atoms with Crippen LogP contribution in [0.1, 0.15) is 53.4 Å². The standard InChI is InChI=1S/C48H54O2SSi2/c1-5-47(49,6-2)45(52(39-27-15-9-16-28-39,40-29-17-10-18-30-40)41-31-19-11-20-32-41)51-46(48(50,7-3)8-4)53(42-33-21-12-22-34-42,43-35-23-13-24-36-43)44-37-25-14-26-38-44/h9-38,45-46,49-50H,5-8H2,1-4H3. The molecular formula is C48H54O2SSi2. The molecule has 53 heavy (non-hydrogen) atoms. The first-order valence-corrected chi connectivity index (χ1v) is 24.4. The number of benzene rings is 6. The lowest BCUT2D eigenvalue weighted by atomic mass is 9.99. The number of hydrogen-bond acceptors (Lipinski definition) is 3. The van der Waals surface area contributed by atoms with Gasteiger partial charge in [-0.15, -0.1) is 0 Å². The summed E-state index contributed by atoms with van der Waals surface area (Å²) in [4.78, 5) is -0.565. The third-order valence-corrected chi connectivity index (χ3v) is 26.3. The summed E-state index contributed by atoms with van der Waals surface area (Å²) in [6, 6.07) is 66.0. The fourth-order valence-electron chi connectivity index (χ4n) is 8.76. The molecule has 272 valence electrons. The van der Waals surface area contributed by atoms with Crippen LogP contribution in [-0.4, -0.2) is 47.3 Å². The summed E-state index contributed by atoms with van der Waals surface area (Å²) in [6.45, 7) is 8.59. The van der Waals surface area contributed by atoms with Crippen molar-refractivity contribution in [2.75, 3.05) is 0 Å². The SMILES string of the molecule is CCC(O)(CC)C(SC(C(O)(CC)CC)[Si](c1ccccc1)(c1ccccc1)c1ccccc1)[Si](c1ccccc1)(c1ccccc1)c1ccccc1. The van der Waals surface area contributed by atoms with Crippen molar-refractivity contribution in [2.45, 2.75) is 74.3 Å². The van der Waals surface area contributed by atoms with E-state index in [-0.39, 0.29) is 9.75 Å². The van der Waals surface area contributed by atoms with Crippen molar-refractivity contribution in [1.29, 1.82) is 0 Å². The molecule has 6 rings (SSSR count). The minimum atomic E-state index is -3.16. The van der Waals surface area contributed by atoms with Gasteiger partial charge in [0.25, 0.3) is 0 Å². The minimum Gasteiger partial charge on any atom is -0.389 e. The van der Waals surface area contributed by atoms with E-state index in [1.165, 1.54) is 31.1 Å². The lowest BCUT2D eigenvalue weighted by molar-refractivity contribution is 0.0394. The minimum absolute atomic E-state index is 0.283. The molecule has 0 amide bonds. The second kappa shape index (κ2) is 17.0. The van der Waals surface area contributed by atoms with Crippen LogP contribution in [0.3, 0.4) is 0 Å². The Morgan fingerprint density at radius 3 is 0.679 bits per heavy atom. The van der Waals surface area contributed by atoms with Crippen molar-refractivity contribution in [1.82, 2.24) is 0 Å². The zero-order chi connectivity index (χ0) is 37.4. The van der Waals surface area contributed by atoms with Crippen LogP contribution in [0.5, 0.6) is 0 Å². The first kappa shape index (κ1) is 38.7. The summed E-state index contributed by atoms with van der Waals surface area (Å²) < 4.78 is 0. The van der Waals surface area contributed by atoms with Crippen LogP contribution in [-0.2, 0) is 0 Å². The lowest BCUT2D eigenvalue weighted by Crippen LogP contribution is -2.81. The number of aliphatic hydroxyl groups is 2. The van der Waals surface area contributed by atoms with Gasteiger partial charge in [-0.2, -0.15) is 11.8 Å². The average Bonchev–Trinajstić information content (AvgIpc) is 3.25.